The molecule has 7 nitrogen and oxygen atoms in total. The molecular weight excluding hydrogens is 376 g/mol. The summed E-state index contributed by atoms with van der Waals surface area (Å²) in [6, 6.07) is 12.4. The summed E-state index contributed by atoms with van der Waals surface area (Å²) in [6.45, 7) is 1.42. The van der Waals surface area contributed by atoms with Crippen LogP contribution in [0, 0.1) is 0 Å². The topological polar surface area (TPSA) is 93.2 Å². The molecule has 0 fully saturated rings. The standard InChI is InChI=1S/C20H20N4O3S/c1-13(25)22-17(14-6-8-15(27-2)9-7-14)11-19(26)24-20-23-18(12-28-20)16-5-3-4-10-21-16/h3-10,12,17H,11H2,1-2H3,(H,22,25)(H,23,24,26). The molecule has 0 aliphatic carbocycles. The Kier molecular flexibility index (Phi) is 6.33. The molecule has 2 amide bonds. The number of hydrogen-bond acceptors (Lipinski definition) is 6. The molecule has 144 valence electrons. The minimum Gasteiger partial charge on any atom is -0.497 e. The average molecular weight is 396 g/mol. The minimum atomic E-state index is -0.446. The fourth-order valence-corrected chi connectivity index (χ4v) is 3.37. The first kappa shape index (κ1) is 19.5. The van der Waals surface area contributed by atoms with Crippen LogP contribution in [0.2, 0.25) is 0 Å². The third kappa shape index (κ3) is 5.14. The maximum atomic E-state index is 12.5. The van der Waals surface area contributed by atoms with Crippen molar-refractivity contribution in [1.29, 1.82) is 0 Å². The molecule has 8 heteroatoms. The highest BCUT2D eigenvalue weighted by Gasteiger charge is 2.18. The van der Waals surface area contributed by atoms with E-state index in [0.717, 1.165) is 11.3 Å². The number of hydrogen-bond donors (Lipinski definition) is 2. The summed E-state index contributed by atoms with van der Waals surface area (Å²) in [5, 5.41) is 7.93. The smallest absolute Gasteiger partial charge is 0.228 e. The number of carbonyl (C=O) groups excluding carboxylic acids is 2. The van der Waals surface area contributed by atoms with Gasteiger partial charge < -0.3 is 15.4 Å². The minimum absolute atomic E-state index is 0.0877. The molecule has 3 rings (SSSR count). The third-order valence-electron chi connectivity index (χ3n) is 3.96. The largest absolute Gasteiger partial charge is 0.497 e. The molecule has 0 saturated heterocycles. The number of rotatable bonds is 7. The van der Waals surface area contributed by atoms with Gasteiger partial charge in [-0.15, -0.1) is 11.3 Å². The van der Waals surface area contributed by atoms with E-state index in [9.17, 15) is 9.59 Å². The van der Waals surface area contributed by atoms with Crippen LogP contribution in [0.5, 0.6) is 5.75 Å². The molecule has 1 atom stereocenters. The van der Waals surface area contributed by atoms with Gasteiger partial charge in [-0.05, 0) is 29.8 Å². The molecular formula is C20H20N4O3S. The second-order valence-electron chi connectivity index (χ2n) is 6.03. The van der Waals surface area contributed by atoms with Crippen molar-refractivity contribution in [2.24, 2.45) is 0 Å². The second-order valence-corrected chi connectivity index (χ2v) is 6.89. The number of nitrogens with one attached hydrogen (secondary N) is 2. The molecule has 3 aromatic rings. The highest BCUT2D eigenvalue weighted by molar-refractivity contribution is 7.14. The lowest BCUT2D eigenvalue weighted by Crippen LogP contribution is -2.29. The first-order valence-corrected chi connectivity index (χ1v) is 9.51. The molecule has 0 aliphatic heterocycles. The number of anilines is 1. The van der Waals surface area contributed by atoms with Gasteiger partial charge in [0.1, 0.15) is 11.4 Å². The summed E-state index contributed by atoms with van der Waals surface area (Å²) in [7, 11) is 1.58. The first-order chi connectivity index (χ1) is 13.5. The van der Waals surface area contributed by atoms with Gasteiger partial charge in [-0.25, -0.2) is 4.98 Å². The molecule has 0 spiro atoms. The van der Waals surface area contributed by atoms with Crippen LogP contribution in [0.3, 0.4) is 0 Å². The number of aromatic nitrogens is 2. The number of benzene rings is 1. The predicted octanol–water partition coefficient (Wildman–Crippen LogP) is 3.42. The van der Waals surface area contributed by atoms with E-state index >= 15 is 0 Å². The van der Waals surface area contributed by atoms with Crippen LogP contribution in [0.1, 0.15) is 24.9 Å². The van der Waals surface area contributed by atoms with E-state index in [1.54, 1.807) is 25.4 Å². The van der Waals surface area contributed by atoms with E-state index in [2.05, 4.69) is 20.6 Å². The molecule has 28 heavy (non-hydrogen) atoms. The molecule has 0 radical (unpaired) electrons. The van der Waals surface area contributed by atoms with Crippen LogP contribution in [0.15, 0.2) is 54.0 Å². The quantitative estimate of drug-likeness (QED) is 0.638. The molecule has 0 bridgehead atoms. The van der Waals surface area contributed by atoms with Crippen LogP contribution < -0.4 is 15.4 Å². The van der Waals surface area contributed by atoms with Crippen molar-refractivity contribution in [3.8, 4) is 17.1 Å². The molecule has 1 aromatic carbocycles. The van der Waals surface area contributed by atoms with Gasteiger partial charge in [-0.1, -0.05) is 18.2 Å². The predicted molar refractivity (Wildman–Crippen MR) is 108 cm³/mol. The highest BCUT2D eigenvalue weighted by Crippen LogP contribution is 2.25. The second kappa shape index (κ2) is 9.09. The van der Waals surface area contributed by atoms with Crippen LogP contribution in [-0.2, 0) is 9.59 Å². The Morgan fingerprint density at radius 2 is 1.93 bits per heavy atom. The Labute approximate surface area is 166 Å². The van der Waals surface area contributed by atoms with Crippen molar-refractivity contribution in [2.45, 2.75) is 19.4 Å². The summed E-state index contributed by atoms with van der Waals surface area (Å²) in [5.41, 5.74) is 2.27. The van der Waals surface area contributed by atoms with Gasteiger partial charge in [0.2, 0.25) is 11.8 Å². The van der Waals surface area contributed by atoms with Crippen LogP contribution >= 0.6 is 11.3 Å². The Morgan fingerprint density at radius 3 is 2.57 bits per heavy atom. The molecule has 2 heterocycles. The van der Waals surface area contributed by atoms with Crippen LogP contribution in [0.25, 0.3) is 11.4 Å². The SMILES string of the molecule is COc1ccc(C(CC(=O)Nc2nc(-c3ccccn3)cs2)NC(C)=O)cc1. The molecule has 2 N–H and O–H groups in total. The molecule has 2 aromatic heterocycles. The van der Waals surface area contributed by atoms with Gasteiger partial charge in [0, 0.05) is 18.5 Å². The van der Waals surface area contributed by atoms with Gasteiger partial charge in [-0.3, -0.25) is 14.6 Å². The van der Waals surface area contributed by atoms with E-state index in [1.165, 1.54) is 18.3 Å². The number of amides is 2. The van der Waals surface area contributed by atoms with Crippen molar-refractivity contribution in [2.75, 3.05) is 12.4 Å². The maximum absolute atomic E-state index is 12.5. The van der Waals surface area contributed by atoms with Gasteiger partial charge >= 0.3 is 0 Å². The molecule has 0 aliphatic rings. The number of thiazole rings is 1. The van der Waals surface area contributed by atoms with E-state index < -0.39 is 6.04 Å². The number of carbonyl (C=O) groups is 2. The summed E-state index contributed by atoms with van der Waals surface area (Å²) >= 11 is 1.33. The lowest BCUT2D eigenvalue weighted by Gasteiger charge is -2.18. The summed E-state index contributed by atoms with van der Waals surface area (Å²) in [6.07, 6.45) is 1.78. The fourth-order valence-electron chi connectivity index (χ4n) is 2.65. The Balaban J connectivity index is 1.68. The summed E-state index contributed by atoms with van der Waals surface area (Å²) in [4.78, 5) is 32.7. The van der Waals surface area contributed by atoms with E-state index in [0.29, 0.717) is 16.6 Å². The number of ether oxygens (including phenoxy) is 1. The van der Waals surface area contributed by atoms with E-state index in [1.807, 2.05) is 35.7 Å². The Hall–Kier alpha value is -3.26. The summed E-state index contributed by atoms with van der Waals surface area (Å²) in [5.74, 6) is 0.261. The highest BCUT2D eigenvalue weighted by atomic mass is 32.1. The van der Waals surface area contributed by atoms with Crippen LogP contribution in [-0.4, -0.2) is 28.9 Å². The van der Waals surface area contributed by atoms with Gasteiger partial charge in [0.15, 0.2) is 5.13 Å². The summed E-state index contributed by atoms with van der Waals surface area (Å²) < 4.78 is 5.15. The zero-order chi connectivity index (χ0) is 19.9. The van der Waals surface area contributed by atoms with Gasteiger partial charge in [0.25, 0.3) is 0 Å². The normalized spacial score (nSPS) is 11.5. The zero-order valence-corrected chi connectivity index (χ0v) is 16.3. The number of methoxy groups -OCH3 is 1. The van der Waals surface area contributed by atoms with Crippen molar-refractivity contribution in [3.05, 3.63) is 59.6 Å². The number of pyridine rings is 1. The lowest BCUT2D eigenvalue weighted by atomic mass is 10.0. The van der Waals surface area contributed by atoms with Crippen molar-refractivity contribution >= 4 is 28.3 Å². The fraction of sp³-hybridized carbons (Fsp3) is 0.200. The average Bonchev–Trinajstić information content (AvgIpc) is 3.16. The number of nitrogens with zero attached hydrogens (tertiary/aromatic N) is 2. The van der Waals surface area contributed by atoms with Crippen molar-refractivity contribution in [3.63, 3.8) is 0 Å². The Morgan fingerprint density at radius 1 is 1.14 bits per heavy atom. The molecule has 1 unspecified atom stereocenters. The van der Waals surface area contributed by atoms with Crippen molar-refractivity contribution < 1.29 is 14.3 Å². The van der Waals surface area contributed by atoms with Crippen LogP contribution in [0.4, 0.5) is 5.13 Å². The molecule has 0 saturated carbocycles. The van der Waals surface area contributed by atoms with E-state index in [4.69, 9.17) is 4.74 Å². The van der Waals surface area contributed by atoms with E-state index in [-0.39, 0.29) is 18.2 Å². The lowest BCUT2D eigenvalue weighted by molar-refractivity contribution is -0.120. The zero-order valence-electron chi connectivity index (χ0n) is 15.5. The first-order valence-electron chi connectivity index (χ1n) is 8.63. The van der Waals surface area contributed by atoms with Gasteiger partial charge in [0.05, 0.1) is 25.3 Å². The maximum Gasteiger partial charge on any atom is 0.228 e. The Bertz CT molecular complexity index is 942. The third-order valence-corrected chi connectivity index (χ3v) is 4.72. The monoisotopic (exact) mass is 396 g/mol. The van der Waals surface area contributed by atoms with Gasteiger partial charge in [-0.2, -0.15) is 0 Å². The van der Waals surface area contributed by atoms with Crippen molar-refractivity contribution in [1.82, 2.24) is 15.3 Å².